The van der Waals surface area contributed by atoms with E-state index in [4.69, 9.17) is 16.6 Å². The maximum atomic E-state index is 13.8. The number of carbonyl (C=O) groups is 1. The number of nitrogens with zero attached hydrogens (tertiary/aromatic N) is 3. The van der Waals surface area contributed by atoms with Gasteiger partial charge in [-0.15, -0.1) is 0 Å². The van der Waals surface area contributed by atoms with Gasteiger partial charge in [-0.05, 0) is 74.9 Å². The first kappa shape index (κ1) is 25.4. The Morgan fingerprint density at radius 2 is 1.83 bits per heavy atom. The minimum atomic E-state index is -0.351. The first-order valence-electron chi connectivity index (χ1n) is 12.9. The number of halogens is 1. The van der Waals surface area contributed by atoms with Crippen molar-refractivity contribution in [1.82, 2.24) is 14.5 Å². The maximum absolute atomic E-state index is 13.8. The average Bonchev–Trinajstić information content (AvgIpc) is 2.85. The number of amides is 1. The van der Waals surface area contributed by atoms with Crippen molar-refractivity contribution in [2.75, 3.05) is 6.54 Å². The minimum absolute atomic E-state index is 0.0521. The third kappa shape index (κ3) is 5.45. The van der Waals surface area contributed by atoms with Crippen molar-refractivity contribution in [3.05, 3.63) is 69.2 Å². The lowest BCUT2D eigenvalue weighted by molar-refractivity contribution is -0.139. The third-order valence-electron chi connectivity index (χ3n) is 7.23. The van der Waals surface area contributed by atoms with Crippen LogP contribution in [0.3, 0.4) is 0 Å². The highest BCUT2D eigenvalue weighted by molar-refractivity contribution is 6.30. The van der Waals surface area contributed by atoms with Crippen molar-refractivity contribution in [2.45, 2.75) is 72.3 Å². The van der Waals surface area contributed by atoms with E-state index in [2.05, 4.69) is 13.8 Å². The van der Waals surface area contributed by atoms with E-state index in [1.165, 1.54) is 6.42 Å². The molecule has 1 amide bonds. The van der Waals surface area contributed by atoms with Gasteiger partial charge in [0.2, 0.25) is 5.91 Å². The molecule has 4 rings (SSSR count). The number of aromatic nitrogens is 2. The molecule has 0 radical (unpaired) electrons. The summed E-state index contributed by atoms with van der Waals surface area (Å²) in [6.07, 6.45) is 6.20. The Kier molecular flexibility index (Phi) is 7.95. The number of carbonyl (C=O) groups excluding carboxylic acids is 1. The molecule has 1 atom stereocenters. The molecule has 1 unspecified atom stereocenters. The van der Waals surface area contributed by atoms with Gasteiger partial charge < -0.3 is 4.90 Å². The van der Waals surface area contributed by atoms with Crippen LogP contribution in [0.4, 0.5) is 0 Å². The zero-order chi connectivity index (χ0) is 25.1. The van der Waals surface area contributed by atoms with E-state index in [0.717, 1.165) is 43.4 Å². The van der Waals surface area contributed by atoms with Crippen molar-refractivity contribution < 1.29 is 4.79 Å². The monoisotopic (exact) mass is 493 g/mol. The summed E-state index contributed by atoms with van der Waals surface area (Å²) in [4.78, 5) is 34.6. The van der Waals surface area contributed by atoms with Gasteiger partial charge in [0.05, 0.1) is 22.6 Å². The molecule has 0 saturated heterocycles. The van der Waals surface area contributed by atoms with E-state index in [1.807, 2.05) is 55.1 Å². The van der Waals surface area contributed by atoms with Gasteiger partial charge in [-0.1, -0.05) is 56.8 Å². The Morgan fingerprint density at radius 1 is 1.11 bits per heavy atom. The van der Waals surface area contributed by atoms with Gasteiger partial charge in [-0.25, -0.2) is 4.98 Å². The summed E-state index contributed by atoms with van der Waals surface area (Å²) in [6.45, 7) is 8.96. The molecule has 1 fully saturated rings. The number of aryl methyl sites for hydroxylation is 1. The van der Waals surface area contributed by atoms with Gasteiger partial charge in [-0.3, -0.25) is 14.2 Å². The predicted octanol–water partition coefficient (Wildman–Crippen LogP) is 6.86. The Bertz CT molecular complexity index is 1260. The number of hydrogen-bond acceptors (Lipinski definition) is 3. The molecule has 0 aliphatic heterocycles. The fraction of sp³-hybridized carbons (Fsp3) is 0.483. The van der Waals surface area contributed by atoms with Crippen LogP contribution in [-0.2, 0) is 4.79 Å². The van der Waals surface area contributed by atoms with Crippen LogP contribution in [0.5, 0.6) is 0 Å². The second-order valence-corrected chi connectivity index (χ2v) is 10.7. The molecule has 3 aromatic rings. The van der Waals surface area contributed by atoms with Gasteiger partial charge in [0, 0.05) is 17.5 Å². The van der Waals surface area contributed by atoms with Gasteiger partial charge in [0.15, 0.2) is 0 Å². The van der Waals surface area contributed by atoms with Crippen LogP contribution in [-0.4, -0.2) is 26.9 Å². The molecule has 0 spiro atoms. The van der Waals surface area contributed by atoms with E-state index in [0.29, 0.717) is 34.2 Å². The number of hydrogen-bond donors (Lipinski definition) is 0. The predicted molar refractivity (Wildman–Crippen MR) is 143 cm³/mol. The summed E-state index contributed by atoms with van der Waals surface area (Å²) in [6, 6.07) is 12.6. The lowest BCUT2D eigenvalue weighted by atomic mass is 9.87. The molecule has 5 nitrogen and oxygen atoms in total. The average molecular weight is 494 g/mol. The molecule has 0 bridgehead atoms. The number of fused-ring (bicyclic) bond motifs is 1. The summed E-state index contributed by atoms with van der Waals surface area (Å²) >= 11 is 6.23. The zero-order valence-corrected chi connectivity index (χ0v) is 22.0. The molecular formula is C29H36ClN3O2. The summed E-state index contributed by atoms with van der Waals surface area (Å²) in [5.74, 6) is 1.30. The molecule has 2 aromatic carbocycles. The lowest BCUT2D eigenvalue weighted by Crippen LogP contribution is -2.42. The summed E-state index contributed by atoms with van der Waals surface area (Å²) in [5.41, 5.74) is 2.15. The van der Waals surface area contributed by atoms with Gasteiger partial charge in [-0.2, -0.15) is 0 Å². The molecule has 6 heteroatoms. The largest absolute Gasteiger partial charge is 0.333 e. The zero-order valence-electron chi connectivity index (χ0n) is 21.3. The number of para-hydroxylation sites is 1. The minimum Gasteiger partial charge on any atom is -0.333 e. The van der Waals surface area contributed by atoms with E-state index < -0.39 is 0 Å². The summed E-state index contributed by atoms with van der Waals surface area (Å²) in [5, 5.41) is 1.18. The van der Waals surface area contributed by atoms with Crippen LogP contribution in [0.1, 0.15) is 76.7 Å². The highest BCUT2D eigenvalue weighted by Crippen LogP contribution is 2.31. The normalized spacial score (nSPS) is 15.5. The van der Waals surface area contributed by atoms with Crippen LogP contribution < -0.4 is 5.56 Å². The molecule has 1 aliphatic rings. The van der Waals surface area contributed by atoms with E-state index in [1.54, 1.807) is 10.6 Å². The topological polar surface area (TPSA) is 55.2 Å². The fourth-order valence-electron chi connectivity index (χ4n) is 5.15. The Morgan fingerprint density at radius 3 is 2.51 bits per heavy atom. The smallest absolute Gasteiger partial charge is 0.266 e. The van der Waals surface area contributed by atoms with E-state index in [-0.39, 0.29) is 23.4 Å². The second kappa shape index (κ2) is 10.9. The van der Waals surface area contributed by atoms with Crippen molar-refractivity contribution >= 4 is 28.4 Å². The van der Waals surface area contributed by atoms with E-state index in [9.17, 15) is 9.59 Å². The fourth-order valence-corrected chi connectivity index (χ4v) is 5.37. The Balaban J connectivity index is 1.87. The van der Waals surface area contributed by atoms with Crippen LogP contribution in [0, 0.1) is 18.8 Å². The van der Waals surface area contributed by atoms with Crippen LogP contribution >= 0.6 is 11.6 Å². The quantitative estimate of drug-likeness (QED) is 0.361. The first-order valence-corrected chi connectivity index (χ1v) is 13.2. The van der Waals surface area contributed by atoms with Crippen LogP contribution in [0.15, 0.2) is 47.3 Å². The SMILES string of the molecule is Cc1cc(Cl)ccc1-n1c(C(C)N(CCC(C)C)C(=O)C2CCCCC2)nc2ccccc2c1=O. The van der Waals surface area contributed by atoms with Crippen LogP contribution in [0.25, 0.3) is 16.6 Å². The maximum Gasteiger partial charge on any atom is 0.266 e. The molecule has 1 saturated carbocycles. The number of benzene rings is 2. The highest BCUT2D eigenvalue weighted by Gasteiger charge is 2.32. The highest BCUT2D eigenvalue weighted by atomic mass is 35.5. The molecule has 1 aliphatic carbocycles. The lowest BCUT2D eigenvalue weighted by Gasteiger charge is -2.35. The summed E-state index contributed by atoms with van der Waals surface area (Å²) < 4.78 is 1.69. The Hall–Kier alpha value is -2.66. The van der Waals surface area contributed by atoms with Gasteiger partial charge in [0.1, 0.15) is 5.82 Å². The molecule has 35 heavy (non-hydrogen) atoms. The van der Waals surface area contributed by atoms with Crippen molar-refractivity contribution in [2.24, 2.45) is 11.8 Å². The standard InChI is InChI=1S/C29H36ClN3O2/c1-19(2)16-17-32(28(34)22-10-6-5-7-11-22)21(4)27-31-25-13-9-8-12-24(25)29(35)33(27)26-15-14-23(30)18-20(26)3/h8-9,12-15,18-19,21-22H,5-7,10-11,16-17H2,1-4H3. The molecule has 1 heterocycles. The molecular weight excluding hydrogens is 458 g/mol. The van der Waals surface area contributed by atoms with Crippen LogP contribution in [0.2, 0.25) is 5.02 Å². The van der Waals surface area contributed by atoms with Crippen molar-refractivity contribution in [3.63, 3.8) is 0 Å². The third-order valence-corrected chi connectivity index (χ3v) is 7.46. The molecule has 186 valence electrons. The first-order chi connectivity index (χ1) is 16.8. The second-order valence-electron chi connectivity index (χ2n) is 10.3. The molecule has 0 N–H and O–H groups in total. The van der Waals surface area contributed by atoms with Gasteiger partial charge in [0.25, 0.3) is 5.56 Å². The molecule has 1 aromatic heterocycles. The van der Waals surface area contributed by atoms with Gasteiger partial charge >= 0.3 is 0 Å². The van der Waals surface area contributed by atoms with Crippen molar-refractivity contribution in [3.8, 4) is 5.69 Å². The number of rotatable bonds is 7. The summed E-state index contributed by atoms with van der Waals surface area (Å²) in [7, 11) is 0. The van der Waals surface area contributed by atoms with E-state index >= 15 is 0 Å². The van der Waals surface area contributed by atoms with Crippen molar-refractivity contribution in [1.29, 1.82) is 0 Å². The Labute approximate surface area is 213 Å².